The average molecular weight is 218 g/mol. The summed E-state index contributed by atoms with van der Waals surface area (Å²) in [5, 5.41) is 12.8. The summed E-state index contributed by atoms with van der Waals surface area (Å²) in [5.41, 5.74) is 0.162. The van der Waals surface area contributed by atoms with Gasteiger partial charge >= 0.3 is 0 Å². The minimum atomic E-state index is -0.899. The number of aliphatic hydroxyl groups is 1. The lowest BCUT2D eigenvalue weighted by atomic mass is 10.1. The van der Waals surface area contributed by atoms with Gasteiger partial charge in [-0.1, -0.05) is 24.6 Å². The zero-order valence-electron chi connectivity index (χ0n) is 7.93. The first-order valence-corrected chi connectivity index (χ1v) is 4.87. The first-order chi connectivity index (χ1) is 6.66. The summed E-state index contributed by atoms with van der Waals surface area (Å²) in [4.78, 5) is 0. The molecule has 1 unspecified atom stereocenters. The molecule has 14 heavy (non-hydrogen) atoms. The molecular formula is C10H13ClFNO. The molecule has 78 valence electrons. The molecule has 0 fully saturated rings. The van der Waals surface area contributed by atoms with Crippen molar-refractivity contribution in [3.05, 3.63) is 34.6 Å². The zero-order chi connectivity index (χ0) is 10.6. The van der Waals surface area contributed by atoms with E-state index in [2.05, 4.69) is 5.32 Å². The summed E-state index contributed by atoms with van der Waals surface area (Å²) in [6.45, 7) is 2.94. The van der Waals surface area contributed by atoms with Gasteiger partial charge in [-0.05, 0) is 18.7 Å². The van der Waals surface area contributed by atoms with Gasteiger partial charge < -0.3 is 10.4 Å². The molecule has 2 N–H and O–H groups in total. The monoisotopic (exact) mass is 217 g/mol. The fourth-order valence-electron chi connectivity index (χ4n) is 1.21. The van der Waals surface area contributed by atoms with Crippen molar-refractivity contribution < 1.29 is 9.50 Å². The normalized spacial score (nSPS) is 12.9. The summed E-state index contributed by atoms with van der Waals surface area (Å²) >= 11 is 5.78. The van der Waals surface area contributed by atoms with Crippen molar-refractivity contribution in [2.45, 2.75) is 13.0 Å². The van der Waals surface area contributed by atoms with E-state index in [-0.39, 0.29) is 10.6 Å². The Labute approximate surface area is 87.7 Å². The van der Waals surface area contributed by atoms with Crippen LogP contribution in [0.1, 0.15) is 18.6 Å². The first kappa shape index (κ1) is 11.4. The van der Waals surface area contributed by atoms with Crippen LogP contribution in [-0.2, 0) is 0 Å². The van der Waals surface area contributed by atoms with E-state index in [1.54, 1.807) is 6.07 Å². The molecular weight excluding hydrogens is 205 g/mol. The van der Waals surface area contributed by atoms with Crippen LogP contribution in [0.3, 0.4) is 0 Å². The van der Waals surface area contributed by atoms with Gasteiger partial charge in [-0.2, -0.15) is 0 Å². The second-order valence-corrected chi connectivity index (χ2v) is 3.37. The van der Waals surface area contributed by atoms with Crippen LogP contribution >= 0.6 is 11.6 Å². The summed E-state index contributed by atoms with van der Waals surface area (Å²) in [7, 11) is 0. The molecule has 2 nitrogen and oxygen atoms in total. The van der Waals surface area contributed by atoms with E-state index in [1.807, 2.05) is 6.92 Å². The van der Waals surface area contributed by atoms with Crippen molar-refractivity contribution in [2.75, 3.05) is 13.1 Å². The average Bonchev–Trinajstić information content (AvgIpc) is 2.14. The van der Waals surface area contributed by atoms with E-state index in [4.69, 9.17) is 11.6 Å². The maximum atomic E-state index is 13.3. The van der Waals surface area contributed by atoms with Gasteiger partial charge in [-0.15, -0.1) is 0 Å². The number of nitrogens with one attached hydrogen (secondary N) is 1. The van der Waals surface area contributed by atoms with Gasteiger partial charge in [0.2, 0.25) is 0 Å². The van der Waals surface area contributed by atoms with Crippen molar-refractivity contribution in [3.8, 4) is 0 Å². The third-order valence-electron chi connectivity index (χ3n) is 1.92. The summed E-state index contributed by atoms with van der Waals surface area (Å²) in [6, 6.07) is 4.37. The molecule has 0 radical (unpaired) electrons. The van der Waals surface area contributed by atoms with Gasteiger partial charge in [-0.3, -0.25) is 0 Å². The lowest BCUT2D eigenvalue weighted by molar-refractivity contribution is 0.171. The molecule has 4 heteroatoms. The van der Waals surface area contributed by atoms with Crippen LogP contribution in [0, 0.1) is 5.82 Å². The summed E-state index contributed by atoms with van der Waals surface area (Å²) in [5.74, 6) is -0.470. The molecule has 0 heterocycles. The number of hydrogen-bond acceptors (Lipinski definition) is 2. The maximum Gasteiger partial charge on any atom is 0.130 e. The van der Waals surface area contributed by atoms with Crippen molar-refractivity contribution in [2.24, 2.45) is 0 Å². The highest BCUT2D eigenvalue weighted by Crippen LogP contribution is 2.25. The van der Waals surface area contributed by atoms with Gasteiger partial charge in [-0.25, -0.2) is 4.39 Å². The molecule has 0 aliphatic rings. The minimum absolute atomic E-state index is 0.162. The molecule has 0 bridgehead atoms. The fraction of sp³-hybridized carbons (Fsp3) is 0.400. The second-order valence-electron chi connectivity index (χ2n) is 2.96. The molecule has 1 aromatic rings. The predicted octanol–water partition coefficient (Wildman–Crippen LogP) is 2.12. The lowest BCUT2D eigenvalue weighted by Gasteiger charge is -2.13. The number of hydrogen-bond donors (Lipinski definition) is 2. The number of likely N-dealkylation sites (N-methyl/N-ethyl adjacent to an activating group) is 1. The molecule has 1 atom stereocenters. The van der Waals surface area contributed by atoms with Crippen molar-refractivity contribution >= 4 is 11.6 Å². The molecule has 0 saturated carbocycles. The van der Waals surface area contributed by atoms with E-state index in [0.29, 0.717) is 6.54 Å². The largest absolute Gasteiger partial charge is 0.387 e. The van der Waals surface area contributed by atoms with Gasteiger partial charge in [0.25, 0.3) is 0 Å². The highest BCUT2D eigenvalue weighted by molar-refractivity contribution is 6.31. The standard InChI is InChI=1S/C10H13ClFNO/c1-2-13-6-9(14)10-7(11)4-3-5-8(10)12/h3-5,9,13-14H,2,6H2,1H3. The van der Waals surface area contributed by atoms with Crippen LogP contribution in [0.5, 0.6) is 0 Å². The summed E-state index contributed by atoms with van der Waals surface area (Å²) < 4.78 is 13.3. The Morgan fingerprint density at radius 1 is 1.57 bits per heavy atom. The van der Waals surface area contributed by atoms with Gasteiger partial charge in [0.05, 0.1) is 6.10 Å². The number of aliphatic hydroxyl groups excluding tert-OH is 1. The molecule has 0 spiro atoms. The van der Waals surface area contributed by atoms with Gasteiger partial charge in [0, 0.05) is 17.1 Å². The van der Waals surface area contributed by atoms with E-state index in [9.17, 15) is 9.50 Å². The van der Waals surface area contributed by atoms with Crippen LogP contribution in [0.4, 0.5) is 4.39 Å². The molecule has 0 aliphatic heterocycles. The quantitative estimate of drug-likeness (QED) is 0.810. The number of benzene rings is 1. The van der Waals surface area contributed by atoms with Crippen LogP contribution in [0.2, 0.25) is 5.02 Å². The van der Waals surface area contributed by atoms with E-state index < -0.39 is 11.9 Å². The van der Waals surface area contributed by atoms with E-state index >= 15 is 0 Å². The van der Waals surface area contributed by atoms with Gasteiger partial charge in [0.1, 0.15) is 5.82 Å². The molecule has 0 saturated heterocycles. The Morgan fingerprint density at radius 3 is 2.86 bits per heavy atom. The zero-order valence-corrected chi connectivity index (χ0v) is 8.68. The third-order valence-corrected chi connectivity index (χ3v) is 2.25. The Morgan fingerprint density at radius 2 is 2.29 bits per heavy atom. The topological polar surface area (TPSA) is 32.3 Å². The van der Waals surface area contributed by atoms with Crippen molar-refractivity contribution in [1.82, 2.24) is 5.32 Å². The van der Waals surface area contributed by atoms with Crippen LogP contribution in [0.15, 0.2) is 18.2 Å². The third kappa shape index (κ3) is 2.67. The maximum absolute atomic E-state index is 13.3. The molecule has 1 aromatic carbocycles. The Hall–Kier alpha value is -0.640. The van der Waals surface area contributed by atoms with Crippen molar-refractivity contribution in [1.29, 1.82) is 0 Å². The fourth-order valence-corrected chi connectivity index (χ4v) is 1.50. The SMILES string of the molecule is CCNCC(O)c1c(F)cccc1Cl. The van der Waals surface area contributed by atoms with Crippen LogP contribution in [0.25, 0.3) is 0 Å². The molecule has 0 amide bonds. The second kappa shape index (κ2) is 5.29. The molecule has 1 rings (SSSR count). The minimum Gasteiger partial charge on any atom is -0.387 e. The van der Waals surface area contributed by atoms with Crippen molar-refractivity contribution in [3.63, 3.8) is 0 Å². The highest BCUT2D eigenvalue weighted by atomic mass is 35.5. The molecule has 0 aromatic heterocycles. The van der Waals surface area contributed by atoms with Gasteiger partial charge in [0.15, 0.2) is 0 Å². The van der Waals surface area contributed by atoms with Crippen LogP contribution in [-0.4, -0.2) is 18.2 Å². The Balaban J connectivity index is 2.82. The predicted molar refractivity (Wildman–Crippen MR) is 54.9 cm³/mol. The van der Waals surface area contributed by atoms with Crippen LogP contribution < -0.4 is 5.32 Å². The number of halogens is 2. The van der Waals surface area contributed by atoms with E-state index in [0.717, 1.165) is 6.54 Å². The Bertz CT molecular complexity index is 286. The first-order valence-electron chi connectivity index (χ1n) is 4.49. The lowest BCUT2D eigenvalue weighted by Crippen LogP contribution is -2.21. The number of rotatable bonds is 4. The molecule has 0 aliphatic carbocycles. The van der Waals surface area contributed by atoms with E-state index in [1.165, 1.54) is 12.1 Å². The highest BCUT2D eigenvalue weighted by Gasteiger charge is 2.15. The summed E-state index contributed by atoms with van der Waals surface area (Å²) in [6.07, 6.45) is -0.899. The Kier molecular flexibility index (Phi) is 4.32. The smallest absolute Gasteiger partial charge is 0.130 e.